The highest BCUT2D eigenvalue weighted by Gasteiger charge is 2.33. The number of anilines is 1. The van der Waals surface area contributed by atoms with Crippen molar-refractivity contribution in [3.8, 4) is 0 Å². The lowest BCUT2D eigenvalue weighted by atomic mass is 10.1. The summed E-state index contributed by atoms with van der Waals surface area (Å²) in [6.45, 7) is 1.76. The molecule has 4 rings (SSSR count). The molecular formula is C24H25N3O7S. The zero-order valence-corrected chi connectivity index (χ0v) is 20.1. The molecule has 2 aliphatic heterocycles. The maximum absolute atomic E-state index is 12.9. The van der Waals surface area contributed by atoms with Crippen molar-refractivity contribution in [2.75, 3.05) is 25.5 Å². The first-order valence-electron chi connectivity index (χ1n) is 11.1. The Morgan fingerprint density at radius 3 is 2.40 bits per heavy atom. The van der Waals surface area contributed by atoms with Gasteiger partial charge in [-0.05, 0) is 62.2 Å². The number of esters is 1. The van der Waals surface area contributed by atoms with E-state index >= 15 is 0 Å². The largest absolute Gasteiger partial charge is 0.452 e. The number of carbonyl (C=O) groups excluding carboxylic acids is 4. The van der Waals surface area contributed by atoms with Crippen LogP contribution in [0.5, 0.6) is 0 Å². The quantitative estimate of drug-likeness (QED) is 0.477. The van der Waals surface area contributed by atoms with Crippen LogP contribution in [0.25, 0.3) is 0 Å². The molecule has 2 heterocycles. The molecule has 2 aliphatic rings. The predicted octanol–water partition coefficient (Wildman–Crippen LogP) is 2.27. The van der Waals surface area contributed by atoms with Crippen molar-refractivity contribution in [2.24, 2.45) is 0 Å². The Morgan fingerprint density at radius 2 is 1.71 bits per heavy atom. The fourth-order valence-electron chi connectivity index (χ4n) is 4.18. The summed E-state index contributed by atoms with van der Waals surface area (Å²) in [5.74, 6) is -2.30. The Balaban J connectivity index is 1.35. The van der Waals surface area contributed by atoms with Crippen molar-refractivity contribution < 1.29 is 32.3 Å². The minimum absolute atomic E-state index is 0.0814. The van der Waals surface area contributed by atoms with Crippen LogP contribution in [-0.2, 0) is 19.6 Å². The topological polar surface area (TPSA) is 130 Å². The van der Waals surface area contributed by atoms with E-state index in [1.165, 1.54) is 53.8 Å². The highest BCUT2D eigenvalue weighted by atomic mass is 32.2. The van der Waals surface area contributed by atoms with Gasteiger partial charge < -0.3 is 10.1 Å². The van der Waals surface area contributed by atoms with Crippen LogP contribution in [0.4, 0.5) is 5.69 Å². The first-order valence-corrected chi connectivity index (χ1v) is 12.6. The molecule has 2 aromatic carbocycles. The van der Waals surface area contributed by atoms with Gasteiger partial charge in [0.25, 0.3) is 17.7 Å². The van der Waals surface area contributed by atoms with E-state index in [1.54, 1.807) is 0 Å². The number of hydrogen-bond donors (Lipinski definition) is 1. The Hall–Kier alpha value is -3.57. The SMILES string of the molecule is CC1CCCCN1S(=O)(=O)c1ccc(C(=O)OCC(=O)Nc2ccc3c(c2)C(=O)N(C)C3=O)cc1. The van der Waals surface area contributed by atoms with E-state index < -0.39 is 40.3 Å². The monoisotopic (exact) mass is 499 g/mol. The van der Waals surface area contributed by atoms with Crippen molar-refractivity contribution in [1.29, 1.82) is 0 Å². The summed E-state index contributed by atoms with van der Waals surface area (Å²) in [6.07, 6.45) is 2.61. The highest BCUT2D eigenvalue weighted by molar-refractivity contribution is 7.89. The first kappa shape index (κ1) is 24.6. The number of hydrogen-bond acceptors (Lipinski definition) is 7. The second kappa shape index (κ2) is 9.59. The number of nitrogens with one attached hydrogen (secondary N) is 1. The molecule has 3 amide bonds. The smallest absolute Gasteiger partial charge is 0.338 e. The van der Waals surface area contributed by atoms with Crippen LogP contribution in [0.2, 0.25) is 0 Å². The second-order valence-electron chi connectivity index (χ2n) is 8.54. The molecule has 1 fully saturated rings. The number of imide groups is 1. The fourth-order valence-corrected chi connectivity index (χ4v) is 5.88. The molecule has 0 saturated carbocycles. The number of ether oxygens (including phenoxy) is 1. The lowest BCUT2D eigenvalue weighted by Gasteiger charge is -2.32. The number of amides is 3. The summed E-state index contributed by atoms with van der Waals surface area (Å²) >= 11 is 0. The van der Waals surface area contributed by atoms with E-state index in [4.69, 9.17) is 4.74 Å². The van der Waals surface area contributed by atoms with E-state index in [0.29, 0.717) is 6.54 Å². The van der Waals surface area contributed by atoms with Gasteiger partial charge in [0, 0.05) is 25.3 Å². The summed E-state index contributed by atoms with van der Waals surface area (Å²) < 4.78 is 32.3. The number of sulfonamides is 1. The van der Waals surface area contributed by atoms with Gasteiger partial charge in [-0.2, -0.15) is 4.31 Å². The van der Waals surface area contributed by atoms with Crippen LogP contribution in [0.1, 0.15) is 57.3 Å². The van der Waals surface area contributed by atoms with E-state index in [1.807, 2.05) is 6.92 Å². The predicted molar refractivity (Wildman–Crippen MR) is 125 cm³/mol. The highest BCUT2D eigenvalue weighted by Crippen LogP contribution is 2.26. The summed E-state index contributed by atoms with van der Waals surface area (Å²) in [6, 6.07) is 9.64. The van der Waals surface area contributed by atoms with Crippen molar-refractivity contribution in [1.82, 2.24) is 9.21 Å². The van der Waals surface area contributed by atoms with Crippen molar-refractivity contribution in [3.63, 3.8) is 0 Å². The molecule has 1 unspecified atom stereocenters. The maximum Gasteiger partial charge on any atom is 0.338 e. The van der Waals surface area contributed by atoms with Gasteiger partial charge >= 0.3 is 5.97 Å². The molecule has 184 valence electrons. The van der Waals surface area contributed by atoms with Crippen LogP contribution in [-0.4, -0.2) is 67.6 Å². The Kier molecular flexibility index (Phi) is 6.73. The van der Waals surface area contributed by atoms with Gasteiger partial charge in [0.1, 0.15) is 0 Å². The molecule has 0 spiro atoms. The van der Waals surface area contributed by atoms with Crippen LogP contribution < -0.4 is 5.32 Å². The Morgan fingerprint density at radius 1 is 1.03 bits per heavy atom. The minimum atomic E-state index is -3.66. The molecular weight excluding hydrogens is 474 g/mol. The number of benzene rings is 2. The van der Waals surface area contributed by atoms with Gasteiger partial charge in [0.2, 0.25) is 10.0 Å². The molecule has 1 atom stereocenters. The van der Waals surface area contributed by atoms with Crippen LogP contribution >= 0.6 is 0 Å². The number of nitrogens with zero attached hydrogens (tertiary/aromatic N) is 2. The zero-order valence-electron chi connectivity index (χ0n) is 19.3. The Bertz CT molecular complexity index is 1300. The molecule has 10 nitrogen and oxygen atoms in total. The first-order chi connectivity index (χ1) is 16.6. The molecule has 11 heteroatoms. The molecule has 0 bridgehead atoms. The molecule has 1 N–H and O–H groups in total. The van der Waals surface area contributed by atoms with E-state index in [0.717, 1.165) is 24.2 Å². The van der Waals surface area contributed by atoms with Gasteiger partial charge in [-0.1, -0.05) is 6.42 Å². The van der Waals surface area contributed by atoms with E-state index in [2.05, 4.69) is 5.32 Å². The average Bonchev–Trinajstić information content (AvgIpc) is 3.06. The van der Waals surface area contributed by atoms with Crippen molar-refractivity contribution in [2.45, 2.75) is 37.1 Å². The number of fused-ring (bicyclic) bond motifs is 1. The second-order valence-corrected chi connectivity index (χ2v) is 10.4. The van der Waals surface area contributed by atoms with E-state index in [9.17, 15) is 27.6 Å². The standard InChI is InChI=1S/C24H25N3O7S/c1-15-5-3-4-12-27(15)35(32,33)18-9-6-16(7-10-18)24(31)34-14-21(28)25-17-8-11-19-20(13-17)23(30)26(2)22(19)29/h6-11,13,15H,3-5,12,14H2,1-2H3,(H,25,28). The summed E-state index contributed by atoms with van der Waals surface area (Å²) in [4.78, 5) is 49.7. The third kappa shape index (κ3) is 4.82. The normalized spacial score (nSPS) is 18.3. The van der Waals surface area contributed by atoms with Gasteiger partial charge in [-0.25, -0.2) is 13.2 Å². The molecule has 35 heavy (non-hydrogen) atoms. The van der Waals surface area contributed by atoms with Gasteiger partial charge in [-0.15, -0.1) is 0 Å². The van der Waals surface area contributed by atoms with Crippen LogP contribution in [0, 0.1) is 0 Å². The van der Waals surface area contributed by atoms with Crippen molar-refractivity contribution in [3.05, 3.63) is 59.2 Å². The summed E-state index contributed by atoms with van der Waals surface area (Å²) in [5, 5.41) is 2.52. The number of rotatable bonds is 6. The molecule has 0 aromatic heterocycles. The minimum Gasteiger partial charge on any atom is -0.452 e. The molecule has 1 saturated heterocycles. The molecule has 0 aliphatic carbocycles. The molecule has 0 radical (unpaired) electrons. The van der Waals surface area contributed by atoms with Crippen molar-refractivity contribution >= 4 is 39.4 Å². The maximum atomic E-state index is 12.9. The lowest BCUT2D eigenvalue weighted by molar-refractivity contribution is -0.119. The number of carbonyl (C=O) groups is 4. The average molecular weight is 500 g/mol. The Labute approximate surface area is 202 Å². The van der Waals surface area contributed by atoms with Gasteiger partial charge in [0.15, 0.2) is 6.61 Å². The molecule has 2 aromatic rings. The van der Waals surface area contributed by atoms with E-state index in [-0.39, 0.29) is 33.3 Å². The zero-order chi connectivity index (χ0) is 25.3. The summed E-state index contributed by atoms with van der Waals surface area (Å²) in [7, 11) is -2.29. The lowest BCUT2D eigenvalue weighted by Crippen LogP contribution is -2.41. The third-order valence-corrected chi connectivity index (χ3v) is 8.17. The summed E-state index contributed by atoms with van der Waals surface area (Å²) in [5.41, 5.74) is 0.819. The third-order valence-electron chi connectivity index (χ3n) is 6.15. The fraction of sp³-hybridized carbons (Fsp3) is 0.333. The van der Waals surface area contributed by atoms with Crippen LogP contribution in [0.15, 0.2) is 47.4 Å². The van der Waals surface area contributed by atoms with Crippen LogP contribution in [0.3, 0.4) is 0 Å². The van der Waals surface area contributed by atoms with Gasteiger partial charge in [0.05, 0.1) is 21.6 Å². The number of piperidine rings is 1. The van der Waals surface area contributed by atoms with Gasteiger partial charge in [-0.3, -0.25) is 19.3 Å².